The van der Waals surface area contributed by atoms with Gasteiger partial charge in [-0.2, -0.15) is 0 Å². The van der Waals surface area contributed by atoms with Gasteiger partial charge >= 0.3 is 0 Å². The summed E-state index contributed by atoms with van der Waals surface area (Å²) in [6, 6.07) is 7.80. The van der Waals surface area contributed by atoms with Crippen LogP contribution in [-0.4, -0.2) is 41.7 Å². The minimum atomic E-state index is 0.565. The zero-order chi connectivity index (χ0) is 15.2. The average molecular weight is 301 g/mol. The quantitative estimate of drug-likeness (QED) is 0.891. The molecule has 0 aliphatic carbocycles. The van der Waals surface area contributed by atoms with E-state index in [1.165, 1.54) is 12.8 Å². The van der Waals surface area contributed by atoms with Gasteiger partial charge in [0.15, 0.2) is 0 Å². The van der Waals surface area contributed by atoms with Crippen LogP contribution in [0.1, 0.15) is 18.7 Å². The molecular weight excluding hydrogens is 278 g/mol. The molecule has 2 heterocycles. The maximum absolute atomic E-state index is 5.94. The Morgan fingerprint density at radius 1 is 1.36 bits per heavy atom. The number of ether oxygens (including phenoxy) is 2. The third-order valence-corrected chi connectivity index (χ3v) is 4.06. The Labute approximate surface area is 131 Å². The first-order chi connectivity index (χ1) is 10.8. The van der Waals surface area contributed by atoms with Gasteiger partial charge in [-0.1, -0.05) is 6.07 Å². The zero-order valence-electron chi connectivity index (χ0n) is 13.0. The van der Waals surface area contributed by atoms with Crippen molar-refractivity contribution >= 4 is 0 Å². The third kappa shape index (κ3) is 4.01. The van der Waals surface area contributed by atoms with Crippen molar-refractivity contribution in [2.45, 2.75) is 19.4 Å². The molecule has 3 rings (SSSR count). The fraction of sp³-hybridized carbons (Fsp3) is 0.471. The highest BCUT2D eigenvalue weighted by molar-refractivity contribution is 5.32. The van der Waals surface area contributed by atoms with Crippen LogP contribution in [0.2, 0.25) is 0 Å². The van der Waals surface area contributed by atoms with Crippen LogP contribution in [-0.2, 0) is 6.54 Å². The monoisotopic (exact) mass is 301 g/mol. The first-order valence-corrected chi connectivity index (χ1v) is 7.81. The molecule has 118 valence electrons. The first kappa shape index (κ1) is 14.9. The van der Waals surface area contributed by atoms with Crippen LogP contribution in [0, 0.1) is 5.92 Å². The Bertz CT molecular complexity index is 571. The van der Waals surface area contributed by atoms with E-state index in [4.69, 9.17) is 9.47 Å². The van der Waals surface area contributed by atoms with Gasteiger partial charge in [-0.15, -0.1) is 0 Å². The molecule has 0 bridgehead atoms. The highest BCUT2D eigenvalue weighted by Gasteiger charge is 2.21. The molecule has 1 aliphatic heterocycles. The molecule has 5 heteroatoms. The lowest BCUT2D eigenvalue weighted by molar-refractivity contribution is 0.123. The Hall–Kier alpha value is -2.01. The number of hydrogen-bond donors (Lipinski definition) is 1. The van der Waals surface area contributed by atoms with Crippen molar-refractivity contribution < 1.29 is 9.47 Å². The summed E-state index contributed by atoms with van der Waals surface area (Å²) >= 11 is 0. The molecule has 0 amide bonds. The van der Waals surface area contributed by atoms with Gasteiger partial charge in [0.25, 0.3) is 0 Å². The van der Waals surface area contributed by atoms with Gasteiger partial charge in [0, 0.05) is 30.9 Å². The van der Waals surface area contributed by atoms with E-state index in [0.29, 0.717) is 5.92 Å². The maximum Gasteiger partial charge on any atom is 0.122 e. The molecule has 2 aromatic rings. The van der Waals surface area contributed by atoms with E-state index in [-0.39, 0.29) is 0 Å². The summed E-state index contributed by atoms with van der Waals surface area (Å²) in [6.07, 6.45) is 6.12. The molecule has 1 atom stereocenters. The SMILES string of the molecule is COc1cccc(OC[C@@H]2CCCN(Cc3ncc[nH]3)C2)c1. The van der Waals surface area contributed by atoms with E-state index < -0.39 is 0 Å². The van der Waals surface area contributed by atoms with Crippen molar-refractivity contribution in [3.8, 4) is 11.5 Å². The van der Waals surface area contributed by atoms with E-state index in [9.17, 15) is 0 Å². The van der Waals surface area contributed by atoms with E-state index in [0.717, 1.165) is 43.6 Å². The molecule has 0 radical (unpaired) electrons. The maximum atomic E-state index is 5.94. The number of rotatable bonds is 6. The predicted octanol–water partition coefficient (Wildman–Crippen LogP) is 2.71. The standard InChI is InChI=1S/C17H23N3O2/c1-21-15-5-2-6-16(10-15)22-13-14-4-3-9-20(11-14)12-17-18-7-8-19-17/h2,5-8,10,14H,3-4,9,11-13H2,1H3,(H,18,19)/t14-/m1/s1. The minimum Gasteiger partial charge on any atom is -0.497 e. The van der Waals surface area contributed by atoms with Gasteiger partial charge < -0.3 is 14.5 Å². The molecule has 1 aromatic carbocycles. The molecule has 1 fully saturated rings. The van der Waals surface area contributed by atoms with E-state index in [1.807, 2.05) is 36.7 Å². The Balaban J connectivity index is 1.49. The van der Waals surface area contributed by atoms with Crippen molar-refractivity contribution in [1.29, 1.82) is 0 Å². The van der Waals surface area contributed by atoms with Gasteiger partial charge in [0.1, 0.15) is 17.3 Å². The fourth-order valence-corrected chi connectivity index (χ4v) is 2.93. The number of aromatic nitrogens is 2. The molecule has 1 saturated heterocycles. The molecule has 1 aliphatic rings. The van der Waals surface area contributed by atoms with Gasteiger partial charge in [-0.3, -0.25) is 4.90 Å². The van der Waals surface area contributed by atoms with Gasteiger partial charge in [0.2, 0.25) is 0 Å². The number of likely N-dealkylation sites (tertiary alicyclic amines) is 1. The number of nitrogens with one attached hydrogen (secondary N) is 1. The topological polar surface area (TPSA) is 50.4 Å². The smallest absolute Gasteiger partial charge is 0.122 e. The summed E-state index contributed by atoms with van der Waals surface area (Å²) in [4.78, 5) is 9.92. The highest BCUT2D eigenvalue weighted by Crippen LogP contribution is 2.22. The number of benzene rings is 1. The lowest BCUT2D eigenvalue weighted by Gasteiger charge is -2.32. The molecule has 0 saturated carbocycles. The van der Waals surface area contributed by atoms with Crippen LogP contribution in [0.4, 0.5) is 0 Å². The summed E-state index contributed by atoms with van der Waals surface area (Å²) in [6.45, 7) is 3.84. The zero-order valence-corrected chi connectivity index (χ0v) is 13.0. The summed E-state index contributed by atoms with van der Waals surface area (Å²) in [5.41, 5.74) is 0. The number of aromatic amines is 1. The molecule has 22 heavy (non-hydrogen) atoms. The molecule has 1 aromatic heterocycles. The minimum absolute atomic E-state index is 0.565. The van der Waals surface area contributed by atoms with Crippen LogP contribution < -0.4 is 9.47 Å². The fourth-order valence-electron chi connectivity index (χ4n) is 2.93. The number of piperidine rings is 1. The predicted molar refractivity (Wildman–Crippen MR) is 85.1 cm³/mol. The number of nitrogens with zero attached hydrogens (tertiary/aromatic N) is 2. The summed E-state index contributed by atoms with van der Waals surface area (Å²) < 4.78 is 11.2. The Morgan fingerprint density at radius 3 is 3.09 bits per heavy atom. The van der Waals surface area contributed by atoms with Crippen molar-refractivity contribution in [3.63, 3.8) is 0 Å². The Kier molecular flexibility index (Phi) is 4.96. The number of imidazole rings is 1. The van der Waals surface area contributed by atoms with Gasteiger partial charge in [-0.25, -0.2) is 4.98 Å². The number of hydrogen-bond acceptors (Lipinski definition) is 4. The summed E-state index contributed by atoms with van der Waals surface area (Å²) in [7, 11) is 1.67. The second-order valence-electron chi connectivity index (χ2n) is 5.77. The second-order valence-corrected chi connectivity index (χ2v) is 5.77. The Morgan fingerprint density at radius 2 is 2.27 bits per heavy atom. The van der Waals surface area contributed by atoms with Crippen molar-refractivity contribution in [2.24, 2.45) is 5.92 Å². The van der Waals surface area contributed by atoms with Crippen LogP contribution in [0.3, 0.4) is 0 Å². The molecule has 5 nitrogen and oxygen atoms in total. The van der Waals surface area contributed by atoms with E-state index in [2.05, 4.69) is 14.9 Å². The van der Waals surface area contributed by atoms with Crippen LogP contribution in [0.5, 0.6) is 11.5 Å². The first-order valence-electron chi connectivity index (χ1n) is 7.81. The highest BCUT2D eigenvalue weighted by atomic mass is 16.5. The third-order valence-electron chi connectivity index (χ3n) is 4.06. The number of H-pyrrole nitrogens is 1. The summed E-state index contributed by atoms with van der Waals surface area (Å²) in [5, 5.41) is 0. The average Bonchev–Trinajstić information content (AvgIpc) is 3.06. The molecule has 1 N–H and O–H groups in total. The molecule has 0 unspecified atom stereocenters. The molecular formula is C17H23N3O2. The van der Waals surface area contributed by atoms with Crippen molar-refractivity contribution in [1.82, 2.24) is 14.9 Å². The van der Waals surface area contributed by atoms with Crippen LogP contribution >= 0.6 is 0 Å². The van der Waals surface area contributed by atoms with Crippen molar-refractivity contribution in [2.75, 3.05) is 26.8 Å². The lowest BCUT2D eigenvalue weighted by Crippen LogP contribution is -2.37. The van der Waals surface area contributed by atoms with E-state index in [1.54, 1.807) is 7.11 Å². The van der Waals surface area contributed by atoms with Crippen LogP contribution in [0.15, 0.2) is 36.7 Å². The lowest BCUT2D eigenvalue weighted by atomic mass is 9.99. The van der Waals surface area contributed by atoms with Gasteiger partial charge in [-0.05, 0) is 31.5 Å². The summed E-state index contributed by atoms with van der Waals surface area (Å²) in [5.74, 6) is 3.31. The van der Waals surface area contributed by atoms with Crippen LogP contribution in [0.25, 0.3) is 0 Å². The van der Waals surface area contributed by atoms with Crippen molar-refractivity contribution in [3.05, 3.63) is 42.5 Å². The van der Waals surface area contributed by atoms with Gasteiger partial charge in [0.05, 0.1) is 20.3 Å². The number of methoxy groups -OCH3 is 1. The van der Waals surface area contributed by atoms with E-state index >= 15 is 0 Å². The second kappa shape index (κ2) is 7.31. The molecule has 0 spiro atoms. The largest absolute Gasteiger partial charge is 0.497 e. The normalized spacial score (nSPS) is 19.0.